The van der Waals surface area contributed by atoms with Crippen molar-refractivity contribution in [2.75, 3.05) is 6.61 Å². The average Bonchev–Trinajstić information content (AvgIpc) is 3.54. The molecule has 0 spiro atoms. The van der Waals surface area contributed by atoms with Crippen LogP contribution in [0.1, 0.15) is 86.4 Å². The summed E-state index contributed by atoms with van der Waals surface area (Å²) in [5.41, 5.74) is 0.356. The molecular formula is C48H47NO16. The number of hydrogen-bond acceptors (Lipinski definition) is 16. The van der Waals surface area contributed by atoms with Crippen LogP contribution >= 0.6 is 0 Å². The quantitative estimate of drug-likeness (QED) is 0.123. The molecule has 17 heteroatoms. The third-order valence-electron chi connectivity index (χ3n) is 11.2. The van der Waals surface area contributed by atoms with E-state index in [9.17, 15) is 33.9 Å². The van der Waals surface area contributed by atoms with Gasteiger partial charge < -0.3 is 47.7 Å². The molecule has 4 aliphatic rings. The summed E-state index contributed by atoms with van der Waals surface area (Å²) in [7, 11) is 0. The number of esters is 4. The normalized spacial score (nSPS) is 28.2. The fourth-order valence-corrected chi connectivity index (χ4v) is 8.56. The molecule has 10 atom stereocenters. The number of aliphatic hydroxyl groups excluding tert-OH is 1. The van der Waals surface area contributed by atoms with E-state index in [4.69, 9.17) is 42.6 Å². The van der Waals surface area contributed by atoms with E-state index in [1.807, 2.05) is 0 Å². The van der Waals surface area contributed by atoms with Gasteiger partial charge in [-0.3, -0.25) is 19.3 Å². The topological polar surface area (TPSA) is 209 Å². The van der Waals surface area contributed by atoms with Crippen LogP contribution in [0.4, 0.5) is 0 Å². The standard InChI is InChI=1S/C48H47NO16/c1-26(50)58-46-40(60-45(56)29-21-13-8-14-22-29)37(59-44(55)28-19-11-7-12-20-28)33(49-41(52)30-23-15-16-24-31(30)42(49)53)36(61-46)34(51)38-39-35(63-48(4,5)64-38)32(62-47(2,3)65-39)25-57-43(54)27-17-9-6-10-18-27/h6-24,32-40,46,51H,25H2,1-5H3/t32-,33-,34+,35-,36+,37+,38-,39+,40-,46-/m1/s1. The molecule has 0 aliphatic carbocycles. The number of amides is 2. The third-order valence-corrected chi connectivity index (χ3v) is 11.2. The molecule has 17 nitrogen and oxygen atoms in total. The maximum absolute atomic E-state index is 14.6. The first-order valence-corrected chi connectivity index (χ1v) is 20.9. The number of nitrogens with zero attached hydrogens (tertiary/aromatic N) is 1. The Morgan fingerprint density at radius 2 is 1.06 bits per heavy atom. The maximum atomic E-state index is 14.6. The molecule has 4 aromatic carbocycles. The van der Waals surface area contributed by atoms with Crippen molar-refractivity contribution in [3.05, 3.63) is 143 Å². The summed E-state index contributed by atoms with van der Waals surface area (Å²) in [5, 5.41) is 12.9. The summed E-state index contributed by atoms with van der Waals surface area (Å²) >= 11 is 0. The number of fused-ring (bicyclic) bond motifs is 2. The minimum Gasteiger partial charge on any atom is -0.459 e. The van der Waals surface area contributed by atoms with E-state index < -0.39 is 108 Å². The lowest BCUT2D eigenvalue weighted by Crippen LogP contribution is -2.74. The van der Waals surface area contributed by atoms with Gasteiger partial charge in [0.05, 0.1) is 27.8 Å². The summed E-state index contributed by atoms with van der Waals surface area (Å²) in [6, 6.07) is 28.0. The van der Waals surface area contributed by atoms with Crippen molar-refractivity contribution in [1.29, 1.82) is 0 Å². The van der Waals surface area contributed by atoms with Crippen molar-refractivity contribution >= 4 is 35.7 Å². The number of hydrogen-bond donors (Lipinski definition) is 1. The van der Waals surface area contributed by atoms with Gasteiger partial charge in [0.25, 0.3) is 11.8 Å². The van der Waals surface area contributed by atoms with Crippen LogP contribution in [0.15, 0.2) is 115 Å². The number of ether oxygens (including phenoxy) is 9. The van der Waals surface area contributed by atoms with Crippen molar-refractivity contribution in [3.63, 3.8) is 0 Å². The zero-order chi connectivity index (χ0) is 46.2. The predicted octanol–water partition coefficient (Wildman–Crippen LogP) is 4.65. The summed E-state index contributed by atoms with van der Waals surface area (Å²) < 4.78 is 55.5. The highest BCUT2D eigenvalue weighted by Crippen LogP contribution is 2.43. The summed E-state index contributed by atoms with van der Waals surface area (Å²) in [4.78, 5) is 83.9. The highest BCUT2D eigenvalue weighted by atomic mass is 16.8. The molecule has 4 aliphatic heterocycles. The van der Waals surface area contributed by atoms with E-state index in [0.29, 0.717) is 5.56 Å². The van der Waals surface area contributed by atoms with Crippen LogP contribution < -0.4 is 0 Å². The first kappa shape index (κ1) is 45.2. The fourth-order valence-electron chi connectivity index (χ4n) is 8.56. The number of carbonyl (C=O) groups is 6. The number of imide groups is 1. The van der Waals surface area contributed by atoms with E-state index in [0.717, 1.165) is 11.8 Å². The SMILES string of the molecule is CC(=O)O[C@@H]1O[C@H]([C@H](O)[C@H]2OC(C)(C)O[C@H]3[C@@H]2OC(C)(C)O[C@@H]3COC(=O)c2ccccc2)[C@@H](N2C(=O)c3ccccc3C2=O)[C@H](OC(=O)c2ccccc2)[C@H]1OC(=O)c1ccccc1. The van der Waals surface area contributed by atoms with Crippen LogP contribution in [0.25, 0.3) is 0 Å². The average molecular weight is 894 g/mol. The van der Waals surface area contributed by atoms with Gasteiger partial charge in [0.15, 0.2) is 17.7 Å². The molecule has 0 unspecified atom stereocenters. The molecular weight excluding hydrogens is 847 g/mol. The van der Waals surface area contributed by atoms with Crippen molar-refractivity contribution in [3.8, 4) is 0 Å². The van der Waals surface area contributed by atoms with Gasteiger partial charge in [0, 0.05) is 6.92 Å². The second kappa shape index (κ2) is 18.3. The van der Waals surface area contributed by atoms with Crippen LogP contribution in [0, 0.1) is 0 Å². The van der Waals surface area contributed by atoms with Crippen LogP contribution in [-0.4, -0.2) is 125 Å². The highest BCUT2D eigenvalue weighted by Gasteiger charge is 2.63. The lowest BCUT2D eigenvalue weighted by atomic mass is 9.85. The first-order chi connectivity index (χ1) is 31.0. The Morgan fingerprint density at radius 3 is 1.58 bits per heavy atom. The van der Waals surface area contributed by atoms with Gasteiger partial charge in [0.1, 0.15) is 49.3 Å². The predicted molar refractivity (Wildman–Crippen MR) is 223 cm³/mol. The molecule has 340 valence electrons. The molecule has 65 heavy (non-hydrogen) atoms. The van der Waals surface area contributed by atoms with E-state index in [1.54, 1.807) is 107 Å². The second-order valence-corrected chi connectivity index (χ2v) is 16.7. The van der Waals surface area contributed by atoms with Gasteiger partial charge >= 0.3 is 23.9 Å². The Morgan fingerprint density at radius 1 is 0.600 bits per heavy atom. The molecule has 1 N–H and O–H groups in total. The van der Waals surface area contributed by atoms with E-state index in [1.165, 1.54) is 36.4 Å². The van der Waals surface area contributed by atoms with Crippen molar-refractivity contribution in [2.45, 2.75) is 107 Å². The lowest BCUT2D eigenvalue weighted by Gasteiger charge is -2.56. The summed E-state index contributed by atoms with van der Waals surface area (Å²) in [6.45, 7) is 7.05. The zero-order valence-corrected chi connectivity index (χ0v) is 36.0. The Bertz CT molecular complexity index is 2390. The number of aliphatic hydroxyl groups is 1. The maximum Gasteiger partial charge on any atom is 0.338 e. The molecule has 0 bridgehead atoms. The van der Waals surface area contributed by atoms with E-state index in [-0.39, 0.29) is 28.9 Å². The van der Waals surface area contributed by atoms with E-state index in [2.05, 4.69) is 0 Å². The molecule has 3 fully saturated rings. The van der Waals surface area contributed by atoms with Crippen molar-refractivity contribution < 1.29 is 76.5 Å². The summed E-state index contributed by atoms with van der Waals surface area (Å²) in [5.74, 6) is -8.17. The minimum atomic E-state index is -1.97. The van der Waals surface area contributed by atoms with Crippen LogP contribution in [0.3, 0.4) is 0 Å². The molecule has 0 aromatic heterocycles. The van der Waals surface area contributed by atoms with Crippen LogP contribution in [0.2, 0.25) is 0 Å². The van der Waals surface area contributed by atoms with Crippen LogP contribution in [0.5, 0.6) is 0 Å². The minimum absolute atomic E-state index is 0.00951. The molecule has 8 rings (SSSR count). The first-order valence-electron chi connectivity index (χ1n) is 20.9. The smallest absolute Gasteiger partial charge is 0.338 e. The number of benzene rings is 4. The molecule has 0 radical (unpaired) electrons. The Labute approximate surface area is 373 Å². The Hall–Kier alpha value is -6.34. The van der Waals surface area contributed by atoms with Gasteiger partial charge in [0.2, 0.25) is 12.4 Å². The fraction of sp³-hybridized carbons (Fsp3) is 0.375. The van der Waals surface area contributed by atoms with Gasteiger partial charge in [-0.05, 0) is 76.2 Å². The van der Waals surface area contributed by atoms with Gasteiger partial charge in [-0.2, -0.15) is 0 Å². The number of rotatable bonds is 11. The van der Waals surface area contributed by atoms with Gasteiger partial charge in [-0.25, -0.2) is 14.4 Å². The molecule has 4 heterocycles. The summed E-state index contributed by atoms with van der Waals surface area (Å²) in [6.07, 6.45) is -14.4. The molecule has 4 aromatic rings. The molecule has 2 amide bonds. The molecule has 3 saturated heterocycles. The van der Waals surface area contributed by atoms with Crippen molar-refractivity contribution in [2.24, 2.45) is 0 Å². The largest absolute Gasteiger partial charge is 0.459 e. The second-order valence-electron chi connectivity index (χ2n) is 16.7. The van der Waals surface area contributed by atoms with Crippen LogP contribution in [-0.2, 0) is 47.4 Å². The Kier molecular flexibility index (Phi) is 12.7. The number of carbonyl (C=O) groups excluding carboxylic acids is 6. The van der Waals surface area contributed by atoms with Gasteiger partial charge in [-0.15, -0.1) is 0 Å². The third kappa shape index (κ3) is 9.43. The lowest BCUT2D eigenvalue weighted by molar-refractivity contribution is -0.435. The van der Waals surface area contributed by atoms with Gasteiger partial charge in [-0.1, -0.05) is 66.7 Å². The monoisotopic (exact) mass is 893 g/mol. The Balaban J connectivity index is 1.23. The highest BCUT2D eigenvalue weighted by molar-refractivity contribution is 6.21. The van der Waals surface area contributed by atoms with Crippen molar-refractivity contribution in [1.82, 2.24) is 4.90 Å². The van der Waals surface area contributed by atoms with E-state index >= 15 is 0 Å². The molecule has 0 saturated carbocycles. The zero-order valence-electron chi connectivity index (χ0n) is 36.0.